The lowest BCUT2D eigenvalue weighted by molar-refractivity contribution is -0.138. The number of benzene rings is 3. The van der Waals surface area contributed by atoms with Gasteiger partial charge in [-0.3, -0.25) is 4.79 Å². The molecule has 2 N–H and O–H groups in total. The number of amides is 3. The molecule has 232 valence electrons. The van der Waals surface area contributed by atoms with Crippen LogP contribution in [0, 0.1) is 11.7 Å². The molecule has 2 atom stereocenters. The fraction of sp³-hybridized carbons (Fsp3) is 0.375. The van der Waals surface area contributed by atoms with Gasteiger partial charge >= 0.3 is 6.03 Å². The molecule has 3 aromatic rings. The molecule has 2 fully saturated rings. The van der Waals surface area contributed by atoms with Gasteiger partial charge in [0.15, 0.2) is 9.84 Å². The summed E-state index contributed by atoms with van der Waals surface area (Å²) in [7, 11) is -4.09. The molecule has 0 unspecified atom stereocenters. The minimum atomic E-state index is -4.09. The number of sulfone groups is 1. The summed E-state index contributed by atoms with van der Waals surface area (Å²) < 4.78 is 47.7. The molecule has 0 bridgehead atoms. The minimum Gasteiger partial charge on any atom is -0.489 e. The van der Waals surface area contributed by atoms with E-state index in [-0.39, 0.29) is 36.3 Å². The second-order valence-electron chi connectivity index (χ2n) is 11.6. The van der Waals surface area contributed by atoms with E-state index in [9.17, 15) is 22.4 Å². The Morgan fingerprint density at radius 1 is 0.977 bits per heavy atom. The van der Waals surface area contributed by atoms with Crippen molar-refractivity contribution in [2.24, 2.45) is 11.7 Å². The zero-order valence-electron chi connectivity index (χ0n) is 23.8. The summed E-state index contributed by atoms with van der Waals surface area (Å²) >= 11 is 12.4. The van der Waals surface area contributed by atoms with Gasteiger partial charge in [0, 0.05) is 41.2 Å². The number of hydrogen-bond acceptors (Lipinski definition) is 5. The fourth-order valence-corrected chi connectivity index (χ4v) is 9.81. The van der Waals surface area contributed by atoms with Gasteiger partial charge in [0.1, 0.15) is 22.9 Å². The standard InChI is InChI=1S/C32H32Cl2FN3O5S/c33-23-2-9-28(34)22(17-23)19-43-25-5-8-27-21(18-25)1-10-29-32(27,44(41,42)26-6-3-24(35)4-7-26)13-16-38(29)30(39)20-11-14-37(15-12-20)31(36)40/h2-9,17-18,20,29H,1,10-16,19H2,(H2,36,40)/t29-,32-/m1/s1. The van der Waals surface area contributed by atoms with E-state index in [0.29, 0.717) is 60.1 Å². The number of ether oxygens (including phenoxy) is 1. The van der Waals surface area contributed by atoms with Crippen LogP contribution < -0.4 is 10.5 Å². The summed E-state index contributed by atoms with van der Waals surface area (Å²) in [6, 6.07) is 14.3. The second-order valence-corrected chi connectivity index (χ2v) is 14.7. The van der Waals surface area contributed by atoms with Gasteiger partial charge in [0.05, 0.1) is 10.9 Å². The molecule has 2 aliphatic heterocycles. The van der Waals surface area contributed by atoms with Crippen molar-refractivity contribution in [3.63, 3.8) is 0 Å². The summed E-state index contributed by atoms with van der Waals surface area (Å²) in [5.41, 5.74) is 7.60. The predicted molar refractivity (Wildman–Crippen MR) is 165 cm³/mol. The van der Waals surface area contributed by atoms with Gasteiger partial charge in [-0.25, -0.2) is 17.6 Å². The second kappa shape index (κ2) is 11.9. The number of aryl methyl sites for hydroxylation is 1. The van der Waals surface area contributed by atoms with E-state index in [4.69, 9.17) is 33.7 Å². The van der Waals surface area contributed by atoms with Gasteiger partial charge in [-0.15, -0.1) is 0 Å². The van der Waals surface area contributed by atoms with Crippen LogP contribution in [-0.2, 0) is 32.4 Å². The van der Waals surface area contributed by atoms with Crippen LogP contribution in [0.5, 0.6) is 5.75 Å². The number of hydrogen-bond donors (Lipinski definition) is 1. The number of primary amides is 1. The van der Waals surface area contributed by atoms with E-state index < -0.39 is 32.5 Å². The van der Waals surface area contributed by atoms with Crippen molar-refractivity contribution in [1.29, 1.82) is 0 Å². The third-order valence-corrected chi connectivity index (χ3v) is 12.5. The Bertz CT molecular complexity index is 1710. The average Bonchev–Trinajstić information content (AvgIpc) is 3.43. The number of rotatable bonds is 6. The van der Waals surface area contributed by atoms with Crippen molar-refractivity contribution >= 4 is 45.0 Å². The van der Waals surface area contributed by atoms with Crippen LogP contribution in [0.25, 0.3) is 0 Å². The summed E-state index contributed by atoms with van der Waals surface area (Å²) in [5, 5.41) is 1.06. The van der Waals surface area contributed by atoms with Gasteiger partial charge in [0.2, 0.25) is 5.91 Å². The zero-order valence-corrected chi connectivity index (χ0v) is 26.2. The molecular weight excluding hydrogens is 628 g/mol. The van der Waals surface area contributed by atoms with Gasteiger partial charge in [-0.1, -0.05) is 29.3 Å². The molecule has 12 heteroatoms. The first-order valence-electron chi connectivity index (χ1n) is 14.6. The summed E-state index contributed by atoms with van der Waals surface area (Å²) in [4.78, 5) is 28.8. The molecule has 3 aliphatic rings. The van der Waals surface area contributed by atoms with Crippen LogP contribution >= 0.6 is 23.2 Å². The lowest BCUT2D eigenvalue weighted by Gasteiger charge is -2.43. The Hall–Kier alpha value is -3.34. The predicted octanol–water partition coefficient (Wildman–Crippen LogP) is 5.72. The lowest BCUT2D eigenvalue weighted by atomic mass is 9.78. The Morgan fingerprint density at radius 2 is 1.70 bits per heavy atom. The highest BCUT2D eigenvalue weighted by Gasteiger charge is 2.61. The molecule has 8 nitrogen and oxygen atoms in total. The number of piperidine rings is 1. The van der Waals surface area contributed by atoms with Crippen LogP contribution in [0.1, 0.15) is 42.4 Å². The maximum absolute atomic E-state index is 14.6. The van der Waals surface area contributed by atoms with Crippen LogP contribution in [0.15, 0.2) is 65.6 Å². The van der Waals surface area contributed by atoms with E-state index in [1.165, 1.54) is 17.0 Å². The van der Waals surface area contributed by atoms with Crippen molar-refractivity contribution in [2.45, 2.75) is 54.4 Å². The molecule has 0 radical (unpaired) electrons. The van der Waals surface area contributed by atoms with Crippen LogP contribution in [-0.4, -0.2) is 55.8 Å². The molecule has 0 saturated carbocycles. The lowest BCUT2D eigenvalue weighted by Crippen LogP contribution is -2.54. The number of fused-ring (bicyclic) bond motifs is 3. The number of carbonyl (C=O) groups is 2. The number of nitrogens with zero attached hydrogens (tertiary/aromatic N) is 2. The number of carbonyl (C=O) groups excluding carboxylic acids is 2. The van der Waals surface area contributed by atoms with Gasteiger partial charge in [0.25, 0.3) is 0 Å². The molecule has 0 spiro atoms. The largest absolute Gasteiger partial charge is 0.489 e. The van der Waals surface area contributed by atoms with E-state index in [2.05, 4.69) is 0 Å². The Morgan fingerprint density at radius 3 is 2.41 bits per heavy atom. The molecule has 3 amide bonds. The average molecular weight is 661 g/mol. The van der Waals surface area contributed by atoms with Crippen molar-refractivity contribution in [2.75, 3.05) is 19.6 Å². The number of likely N-dealkylation sites (tertiary alicyclic amines) is 2. The van der Waals surface area contributed by atoms with Gasteiger partial charge < -0.3 is 20.3 Å². The quantitative estimate of drug-likeness (QED) is 0.341. The van der Waals surface area contributed by atoms with Gasteiger partial charge in [-0.2, -0.15) is 0 Å². The first-order valence-corrected chi connectivity index (χ1v) is 16.8. The summed E-state index contributed by atoms with van der Waals surface area (Å²) in [6.45, 7) is 1.21. The molecular formula is C32H32Cl2FN3O5S. The molecule has 3 aromatic carbocycles. The van der Waals surface area contributed by atoms with Crippen molar-refractivity contribution < 1.29 is 27.1 Å². The van der Waals surface area contributed by atoms with E-state index in [1.54, 1.807) is 35.2 Å². The topological polar surface area (TPSA) is 110 Å². The SMILES string of the molecule is NC(=O)N1CCC(C(=O)N2CC[C@@]3(S(=O)(=O)c4ccc(F)cc4)c4ccc(OCc5cc(Cl)ccc5Cl)cc4CC[C@@H]23)CC1. The van der Waals surface area contributed by atoms with Crippen LogP contribution in [0.3, 0.4) is 0 Å². The third-order valence-electron chi connectivity index (χ3n) is 9.30. The number of urea groups is 1. The molecule has 6 rings (SSSR count). The molecule has 1 aliphatic carbocycles. The van der Waals surface area contributed by atoms with E-state index in [0.717, 1.165) is 23.3 Å². The molecule has 44 heavy (non-hydrogen) atoms. The maximum Gasteiger partial charge on any atom is 0.314 e. The molecule has 0 aromatic heterocycles. The van der Waals surface area contributed by atoms with Crippen LogP contribution in [0.4, 0.5) is 9.18 Å². The number of halogens is 3. The third kappa shape index (κ3) is 5.31. The minimum absolute atomic E-state index is 0.0109. The normalized spacial score (nSPS) is 21.9. The number of nitrogens with two attached hydrogens (primary N) is 1. The van der Waals surface area contributed by atoms with Gasteiger partial charge in [-0.05, 0) is 97.8 Å². The highest BCUT2D eigenvalue weighted by atomic mass is 35.5. The zero-order chi connectivity index (χ0) is 31.2. The van der Waals surface area contributed by atoms with E-state index >= 15 is 0 Å². The Labute approximate surface area is 265 Å². The first kappa shape index (κ1) is 30.7. The first-order chi connectivity index (χ1) is 21.0. The highest BCUT2D eigenvalue weighted by Crippen LogP contribution is 2.53. The Balaban J connectivity index is 1.34. The van der Waals surface area contributed by atoms with Crippen molar-refractivity contribution in [3.8, 4) is 5.75 Å². The van der Waals surface area contributed by atoms with E-state index in [1.807, 2.05) is 6.07 Å². The fourth-order valence-electron chi connectivity index (χ4n) is 7.08. The highest BCUT2D eigenvalue weighted by molar-refractivity contribution is 7.92. The van der Waals surface area contributed by atoms with Crippen molar-refractivity contribution in [3.05, 3.63) is 93.2 Å². The summed E-state index contributed by atoms with van der Waals surface area (Å²) in [6.07, 6.45) is 2.12. The molecule has 2 saturated heterocycles. The summed E-state index contributed by atoms with van der Waals surface area (Å²) in [5.74, 6) is -0.406. The molecule has 2 heterocycles. The Kier molecular flexibility index (Phi) is 8.28. The smallest absolute Gasteiger partial charge is 0.314 e. The monoisotopic (exact) mass is 659 g/mol. The van der Waals surface area contributed by atoms with Crippen molar-refractivity contribution in [1.82, 2.24) is 9.80 Å². The maximum atomic E-state index is 14.6. The van der Waals surface area contributed by atoms with Crippen LogP contribution in [0.2, 0.25) is 10.0 Å².